The first-order valence-electron chi connectivity index (χ1n) is 10.8. The van der Waals surface area contributed by atoms with E-state index in [9.17, 15) is 4.79 Å². The van der Waals surface area contributed by atoms with Crippen LogP contribution in [0, 0.1) is 17.2 Å². The monoisotopic (exact) mass is 404 g/mol. The molecule has 1 saturated carbocycles. The molecule has 0 aromatic heterocycles. The van der Waals surface area contributed by atoms with Crippen LogP contribution in [0.5, 0.6) is 11.5 Å². The Labute approximate surface area is 178 Å². The summed E-state index contributed by atoms with van der Waals surface area (Å²) in [4.78, 5) is 12.5. The molecule has 5 heteroatoms. The third-order valence-electron chi connectivity index (χ3n) is 6.28. The Morgan fingerprint density at radius 3 is 2.57 bits per heavy atom. The Morgan fingerprint density at radius 1 is 1.10 bits per heavy atom. The van der Waals surface area contributed by atoms with Gasteiger partial charge in [-0.1, -0.05) is 18.2 Å². The molecule has 30 heavy (non-hydrogen) atoms. The SMILES string of the molecule is COc1ccc([C@H]2CNC(=O)[C@@H](Cc3ccc(C#N)cc3)C2)cc1OC1CCCC1. The van der Waals surface area contributed by atoms with E-state index in [4.69, 9.17) is 14.7 Å². The Hall–Kier alpha value is -3.00. The van der Waals surface area contributed by atoms with Gasteiger partial charge in [0.2, 0.25) is 5.91 Å². The number of nitrogens with one attached hydrogen (secondary N) is 1. The first-order valence-corrected chi connectivity index (χ1v) is 10.8. The van der Waals surface area contributed by atoms with Gasteiger partial charge in [-0.05, 0) is 73.9 Å². The highest BCUT2D eigenvalue weighted by Gasteiger charge is 2.30. The fourth-order valence-corrected chi connectivity index (χ4v) is 4.56. The van der Waals surface area contributed by atoms with Gasteiger partial charge in [-0.15, -0.1) is 0 Å². The Kier molecular flexibility index (Phi) is 6.23. The van der Waals surface area contributed by atoms with Crippen molar-refractivity contribution in [1.82, 2.24) is 5.32 Å². The first-order chi connectivity index (χ1) is 14.7. The molecule has 1 N–H and O–H groups in total. The van der Waals surface area contributed by atoms with Gasteiger partial charge in [0, 0.05) is 18.4 Å². The fourth-order valence-electron chi connectivity index (χ4n) is 4.56. The molecule has 2 aromatic carbocycles. The molecule has 4 rings (SSSR count). The predicted octanol–water partition coefficient (Wildman–Crippen LogP) is 4.35. The number of nitrogens with zero attached hydrogens (tertiary/aromatic N) is 1. The maximum absolute atomic E-state index is 12.5. The Bertz CT molecular complexity index is 926. The van der Waals surface area contributed by atoms with Gasteiger partial charge in [0.25, 0.3) is 0 Å². The molecule has 0 unspecified atom stereocenters. The molecule has 156 valence electrons. The molecular weight excluding hydrogens is 376 g/mol. The van der Waals surface area contributed by atoms with E-state index in [2.05, 4.69) is 23.5 Å². The van der Waals surface area contributed by atoms with E-state index in [0.29, 0.717) is 18.5 Å². The van der Waals surface area contributed by atoms with Crippen LogP contribution in [0.25, 0.3) is 0 Å². The number of piperidine rings is 1. The van der Waals surface area contributed by atoms with Crippen LogP contribution in [0.4, 0.5) is 0 Å². The zero-order valence-electron chi connectivity index (χ0n) is 17.4. The van der Waals surface area contributed by atoms with E-state index in [1.807, 2.05) is 30.3 Å². The number of rotatable bonds is 6. The van der Waals surface area contributed by atoms with Crippen molar-refractivity contribution in [3.05, 3.63) is 59.2 Å². The number of ether oxygens (including phenoxy) is 2. The van der Waals surface area contributed by atoms with Crippen molar-refractivity contribution >= 4 is 5.91 Å². The van der Waals surface area contributed by atoms with Gasteiger partial charge < -0.3 is 14.8 Å². The number of carbonyl (C=O) groups is 1. The lowest BCUT2D eigenvalue weighted by atomic mass is 9.82. The average molecular weight is 405 g/mol. The van der Waals surface area contributed by atoms with Crippen molar-refractivity contribution in [1.29, 1.82) is 5.26 Å². The van der Waals surface area contributed by atoms with Crippen LogP contribution in [-0.2, 0) is 11.2 Å². The summed E-state index contributed by atoms with van der Waals surface area (Å²) in [6.45, 7) is 0.637. The zero-order chi connectivity index (χ0) is 20.9. The molecule has 1 saturated heterocycles. The molecule has 1 aliphatic carbocycles. The van der Waals surface area contributed by atoms with Gasteiger partial charge in [0.15, 0.2) is 11.5 Å². The Balaban J connectivity index is 1.48. The highest BCUT2D eigenvalue weighted by atomic mass is 16.5. The fraction of sp³-hybridized carbons (Fsp3) is 0.440. The van der Waals surface area contributed by atoms with Crippen LogP contribution in [0.3, 0.4) is 0 Å². The summed E-state index contributed by atoms with van der Waals surface area (Å²) in [5.74, 6) is 1.83. The Morgan fingerprint density at radius 2 is 1.87 bits per heavy atom. The van der Waals surface area contributed by atoms with E-state index >= 15 is 0 Å². The molecule has 2 aliphatic rings. The van der Waals surface area contributed by atoms with Gasteiger partial charge in [-0.2, -0.15) is 5.26 Å². The molecular formula is C25H28N2O3. The largest absolute Gasteiger partial charge is 0.493 e. The normalized spacial score (nSPS) is 21.7. The summed E-state index contributed by atoms with van der Waals surface area (Å²) < 4.78 is 11.8. The van der Waals surface area contributed by atoms with Crippen molar-refractivity contribution < 1.29 is 14.3 Å². The number of methoxy groups -OCH3 is 1. The lowest BCUT2D eigenvalue weighted by Crippen LogP contribution is -2.41. The maximum atomic E-state index is 12.5. The van der Waals surface area contributed by atoms with Crippen molar-refractivity contribution in [2.24, 2.45) is 5.92 Å². The van der Waals surface area contributed by atoms with Crippen molar-refractivity contribution in [2.45, 2.75) is 50.5 Å². The molecule has 0 radical (unpaired) electrons. The molecule has 5 nitrogen and oxygen atoms in total. The molecule has 1 aliphatic heterocycles. The van der Waals surface area contributed by atoms with E-state index in [-0.39, 0.29) is 23.8 Å². The highest BCUT2D eigenvalue weighted by molar-refractivity contribution is 5.80. The van der Waals surface area contributed by atoms with Gasteiger partial charge >= 0.3 is 0 Å². The standard InChI is InChI=1S/C25H28N2O3/c1-29-23-11-10-19(14-24(23)30-22-4-2-3-5-22)21-13-20(25(28)27-16-21)12-17-6-8-18(15-26)9-7-17/h6-11,14,20-22H,2-5,12-13,16H2,1H3,(H,27,28)/t20-,21+/m0/s1. The van der Waals surface area contributed by atoms with Crippen LogP contribution in [0.2, 0.25) is 0 Å². The number of hydrogen-bond acceptors (Lipinski definition) is 4. The summed E-state index contributed by atoms with van der Waals surface area (Å²) in [6.07, 6.45) is 6.37. The van der Waals surface area contributed by atoms with Crippen LogP contribution in [-0.4, -0.2) is 25.7 Å². The minimum atomic E-state index is -0.0852. The number of carbonyl (C=O) groups excluding carboxylic acids is 1. The molecule has 1 heterocycles. The number of amides is 1. The summed E-state index contributed by atoms with van der Waals surface area (Å²) in [7, 11) is 1.67. The van der Waals surface area contributed by atoms with Crippen LogP contribution < -0.4 is 14.8 Å². The molecule has 0 spiro atoms. The lowest BCUT2D eigenvalue weighted by molar-refractivity contribution is -0.126. The topological polar surface area (TPSA) is 71.3 Å². The van der Waals surface area contributed by atoms with Gasteiger partial charge in [0.1, 0.15) is 0 Å². The zero-order valence-corrected chi connectivity index (χ0v) is 17.4. The maximum Gasteiger partial charge on any atom is 0.223 e. The van der Waals surface area contributed by atoms with Gasteiger partial charge in [-0.25, -0.2) is 0 Å². The van der Waals surface area contributed by atoms with E-state index in [1.165, 1.54) is 18.4 Å². The van der Waals surface area contributed by atoms with Crippen molar-refractivity contribution in [2.75, 3.05) is 13.7 Å². The summed E-state index contributed by atoms with van der Waals surface area (Å²) in [5, 5.41) is 12.1. The average Bonchev–Trinajstić information content (AvgIpc) is 3.29. The van der Waals surface area contributed by atoms with Crippen molar-refractivity contribution in [3.63, 3.8) is 0 Å². The van der Waals surface area contributed by atoms with Crippen LogP contribution >= 0.6 is 0 Å². The van der Waals surface area contributed by atoms with Gasteiger partial charge in [0.05, 0.1) is 24.8 Å². The first kappa shape index (κ1) is 20.3. The summed E-state index contributed by atoms with van der Waals surface area (Å²) in [6, 6.07) is 15.8. The number of nitriles is 1. The van der Waals surface area contributed by atoms with Crippen LogP contribution in [0.1, 0.15) is 54.7 Å². The van der Waals surface area contributed by atoms with Crippen molar-refractivity contribution in [3.8, 4) is 17.6 Å². The molecule has 2 fully saturated rings. The second kappa shape index (κ2) is 9.21. The second-order valence-electron chi connectivity index (χ2n) is 8.32. The van der Waals surface area contributed by atoms with Gasteiger partial charge in [-0.3, -0.25) is 4.79 Å². The molecule has 2 aromatic rings. The van der Waals surface area contributed by atoms with E-state index in [1.54, 1.807) is 7.11 Å². The summed E-state index contributed by atoms with van der Waals surface area (Å²) in [5.41, 5.74) is 2.89. The second-order valence-corrected chi connectivity index (χ2v) is 8.32. The minimum absolute atomic E-state index is 0.0852. The smallest absolute Gasteiger partial charge is 0.223 e. The molecule has 2 atom stereocenters. The number of benzene rings is 2. The quantitative estimate of drug-likeness (QED) is 0.777. The molecule has 1 amide bonds. The lowest BCUT2D eigenvalue weighted by Gasteiger charge is -2.30. The highest BCUT2D eigenvalue weighted by Crippen LogP contribution is 2.37. The van der Waals surface area contributed by atoms with E-state index in [0.717, 1.165) is 36.3 Å². The predicted molar refractivity (Wildman–Crippen MR) is 115 cm³/mol. The third kappa shape index (κ3) is 4.59. The van der Waals surface area contributed by atoms with Crippen LogP contribution in [0.15, 0.2) is 42.5 Å². The third-order valence-corrected chi connectivity index (χ3v) is 6.28. The van der Waals surface area contributed by atoms with E-state index < -0.39 is 0 Å². The molecule has 0 bridgehead atoms. The summed E-state index contributed by atoms with van der Waals surface area (Å²) >= 11 is 0. The minimum Gasteiger partial charge on any atom is -0.493 e. The number of hydrogen-bond donors (Lipinski definition) is 1.